The first kappa shape index (κ1) is 12.7. The van der Waals surface area contributed by atoms with Gasteiger partial charge >= 0.3 is 0 Å². The molecule has 0 bridgehead atoms. The maximum Gasteiger partial charge on any atom is 0.231 e. The Morgan fingerprint density at radius 3 is 2.89 bits per heavy atom. The number of rotatable bonds is 5. The summed E-state index contributed by atoms with van der Waals surface area (Å²) >= 11 is 0. The second-order valence-corrected chi connectivity index (χ2v) is 4.99. The van der Waals surface area contributed by atoms with Crippen LogP contribution in [0.1, 0.15) is 25.8 Å². The van der Waals surface area contributed by atoms with Crippen molar-refractivity contribution in [1.29, 1.82) is 5.26 Å². The number of ether oxygens (including phenoxy) is 3. The van der Waals surface area contributed by atoms with E-state index in [0.29, 0.717) is 13.2 Å². The fraction of sp³-hybridized carbons (Fsp3) is 0.500. The molecule has 2 rings (SSSR count). The van der Waals surface area contributed by atoms with E-state index in [1.165, 1.54) is 0 Å². The number of fused-ring (bicyclic) bond motifs is 1. The monoisotopic (exact) mass is 247 g/mol. The summed E-state index contributed by atoms with van der Waals surface area (Å²) in [5, 5.41) is 8.88. The Hall–Kier alpha value is -1.73. The molecule has 4 nitrogen and oxygen atoms in total. The third-order valence-corrected chi connectivity index (χ3v) is 2.88. The molecule has 1 aliphatic rings. The Morgan fingerprint density at radius 1 is 1.33 bits per heavy atom. The van der Waals surface area contributed by atoms with Crippen LogP contribution in [0.15, 0.2) is 18.2 Å². The summed E-state index contributed by atoms with van der Waals surface area (Å²) in [4.78, 5) is 0. The van der Waals surface area contributed by atoms with E-state index >= 15 is 0 Å². The van der Waals surface area contributed by atoms with Gasteiger partial charge in [-0.1, -0.05) is 6.07 Å². The third-order valence-electron chi connectivity index (χ3n) is 2.88. The number of nitrogens with zero attached hydrogens (tertiary/aromatic N) is 1. The van der Waals surface area contributed by atoms with E-state index in [4.69, 9.17) is 19.5 Å². The summed E-state index contributed by atoms with van der Waals surface area (Å²) in [5.41, 5.74) is 0.725. The maximum atomic E-state index is 8.88. The fourth-order valence-electron chi connectivity index (χ4n) is 1.60. The minimum atomic E-state index is -0.325. The molecule has 0 aromatic heterocycles. The zero-order valence-electron chi connectivity index (χ0n) is 10.7. The standard InChI is InChI=1S/C14H17NO3/c1-14(2,9-15)5-6-16-8-11-3-4-12-13(7-11)18-10-17-12/h3-4,7H,5-6,8,10H2,1-2H3. The summed E-state index contributed by atoms with van der Waals surface area (Å²) in [6, 6.07) is 8.04. The lowest BCUT2D eigenvalue weighted by Crippen LogP contribution is -2.11. The predicted molar refractivity (Wildman–Crippen MR) is 66.2 cm³/mol. The summed E-state index contributed by atoms with van der Waals surface area (Å²) < 4.78 is 16.1. The highest BCUT2D eigenvalue weighted by atomic mass is 16.7. The van der Waals surface area contributed by atoms with Crippen LogP contribution in [0.25, 0.3) is 0 Å². The van der Waals surface area contributed by atoms with Crippen molar-refractivity contribution < 1.29 is 14.2 Å². The van der Waals surface area contributed by atoms with Crippen LogP contribution in [-0.4, -0.2) is 13.4 Å². The first-order chi connectivity index (χ1) is 8.61. The van der Waals surface area contributed by atoms with Gasteiger partial charge in [-0.05, 0) is 38.0 Å². The van der Waals surface area contributed by atoms with Gasteiger partial charge in [-0.2, -0.15) is 5.26 Å². The van der Waals surface area contributed by atoms with E-state index in [0.717, 1.165) is 23.5 Å². The third kappa shape index (κ3) is 3.14. The van der Waals surface area contributed by atoms with Crippen molar-refractivity contribution in [2.45, 2.75) is 26.9 Å². The fourth-order valence-corrected chi connectivity index (χ4v) is 1.60. The van der Waals surface area contributed by atoms with E-state index in [1.54, 1.807) is 0 Å². The topological polar surface area (TPSA) is 51.5 Å². The van der Waals surface area contributed by atoms with Crippen molar-refractivity contribution in [1.82, 2.24) is 0 Å². The minimum Gasteiger partial charge on any atom is -0.454 e. The maximum absolute atomic E-state index is 8.88. The zero-order chi connectivity index (χ0) is 13.0. The molecule has 1 aromatic carbocycles. The van der Waals surface area contributed by atoms with Crippen molar-refractivity contribution >= 4 is 0 Å². The van der Waals surface area contributed by atoms with Gasteiger partial charge in [-0.15, -0.1) is 0 Å². The molecule has 0 atom stereocenters. The largest absolute Gasteiger partial charge is 0.454 e. The van der Waals surface area contributed by atoms with Gasteiger partial charge in [-0.3, -0.25) is 0 Å². The van der Waals surface area contributed by atoms with Crippen LogP contribution in [0.4, 0.5) is 0 Å². The summed E-state index contributed by atoms with van der Waals surface area (Å²) in [5.74, 6) is 1.55. The lowest BCUT2D eigenvalue weighted by atomic mass is 9.92. The van der Waals surface area contributed by atoms with Crippen molar-refractivity contribution in [3.8, 4) is 17.6 Å². The second-order valence-electron chi connectivity index (χ2n) is 4.99. The average molecular weight is 247 g/mol. The van der Waals surface area contributed by atoms with Crippen molar-refractivity contribution in [3.63, 3.8) is 0 Å². The molecule has 0 fully saturated rings. The molecule has 4 heteroatoms. The Balaban J connectivity index is 1.79. The highest BCUT2D eigenvalue weighted by molar-refractivity contribution is 5.44. The predicted octanol–water partition coefficient (Wildman–Crippen LogP) is 2.87. The first-order valence-corrected chi connectivity index (χ1v) is 5.98. The molecule has 0 aliphatic carbocycles. The SMILES string of the molecule is CC(C)(C#N)CCOCc1ccc2c(c1)OCO2. The molecular formula is C14H17NO3. The van der Waals surface area contributed by atoms with E-state index < -0.39 is 0 Å². The minimum absolute atomic E-state index is 0.288. The average Bonchev–Trinajstić information content (AvgIpc) is 2.82. The molecule has 0 N–H and O–H groups in total. The van der Waals surface area contributed by atoms with Crippen molar-refractivity contribution in [2.75, 3.05) is 13.4 Å². The molecule has 0 spiro atoms. The van der Waals surface area contributed by atoms with Gasteiger partial charge in [0.1, 0.15) is 0 Å². The van der Waals surface area contributed by atoms with Crippen LogP contribution in [-0.2, 0) is 11.3 Å². The van der Waals surface area contributed by atoms with E-state index in [2.05, 4.69) is 6.07 Å². The lowest BCUT2D eigenvalue weighted by Gasteiger charge is -2.14. The highest BCUT2D eigenvalue weighted by Crippen LogP contribution is 2.32. The van der Waals surface area contributed by atoms with Gasteiger partial charge in [0.05, 0.1) is 18.1 Å². The summed E-state index contributed by atoms with van der Waals surface area (Å²) in [6.07, 6.45) is 0.730. The molecule has 18 heavy (non-hydrogen) atoms. The normalized spacial score (nSPS) is 13.4. The van der Waals surface area contributed by atoms with Gasteiger partial charge in [0.25, 0.3) is 0 Å². The summed E-state index contributed by atoms with van der Waals surface area (Å²) in [7, 11) is 0. The molecule has 1 aliphatic heterocycles. The van der Waals surface area contributed by atoms with Crippen molar-refractivity contribution in [2.24, 2.45) is 5.41 Å². The van der Waals surface area contributed by atoms with Crippen LogP contribution in [0, 0.1) is 16.7 Å². The van der Waals surface area contributed by atoms with Crippen LogP contribution in [0.2, 0.25) is 0 Å². The Kier molecular flexibility index (Phi) is 3.73. The quantitative estimate of drug-likeness (QED) is 0.751. The molecule has 96 valence electrons. The molecule has 1 heterocycles. The van der Waals surface area contributed by atoms with Crippen LogP contribution in [0.5, 0.6) is 11.5 Å². The van der Waals surface area contributed by atoms with Crippen LogP contribution in [0.3, 0.4) is 0 Å². The van der Waals surface area contributed by atoms with Gasteiger partial charge in [0.15, 0.2) is 11.5 Å². The number of hydrogen-bond donors (Lipinski definition) is 0. The lowest BCUT2D eigenvalue weighted by molar-refractivity contribution is 0.102. The van der Waals surface area contributed by atoms with E-state index in [1.807, 2.05) is 32.0 Å². The smallest absolute Gasteiger partial charge is 0.231 e. The summed E-state index contributed by atoms with van der Waals surface area (Å²) in [6.45, 7) is 5.22. The Bertz CT molecular complexity index is 463. The molecule has 0 amide bonds. The molecule has 0 saturated heterocycles. The molecular weight excluding hydrogens is 230 g/mol. The van der Waals surface area contributed by atoms with E-state index in [-0.39, 0.29) is 12.2 Å². The Labute approximate surface area is 107 Å². The number of nitriles is 1. The molecule has 0 saturated carbocycles. The Morgan fingerprint density at radius 2 is 2.11 bits per heavy atom. The molecule has 0 unspecified atom stereocenters. The number of benzene rings is 1. The van der Waals surface area contributed by atoms with Gasteiger partial charge in [0, 0.05) is 6.61 Å². The molecule has 0 radical (unpaired) electrons. The molecule has 1 aromatic rings. The second kappa shape index (κ2) is 5.28. The van der Waals surface area contributed by atoms with E-state index in [9.17, 15) is 0 Å². The van der Waals surface area contributed by atoms with Crippen molar-refractivity contribution in [3.05, 3.63) is 23.8 Å². The first-order valence-electron chi connectivity index (χ1n) is 5.98. The van der Waals surface area contributed by atoms with Crippen LogP contribution < -0.4 is 9.47 Å². The highest BCUT2D eigenvalue weighted by Gasteiger charge is 2.16. The van der Waals surface area contributed by atoms with Gasteiger partial charge in [-0.25, -0.2) is 0 Å². The van der Waals surface area contributed by atoms with Crippen LogP contribution >= 0.6 is 0 Å². The zero-order valence-corrected chi connectivity index (χ0v) is 10.7. The van der Waals surface area contributed by atoms with Gasteiger partial charge < -0.3 is 14.2 Å². The number of hydrogen-bond acceptors (Lipinski definition) is 4. The van der Waals surface area contributed by atoms with Gasteiger partial charge in [0.2, 0.25) is 6.79 Å².